The number of rotatable bonds is 47. The molecule has 2 aliphatic carbocycles. The zero-order valence-corrected chi connectivity index (χ0v) is 48.9. The van der Waals surface area contributed by atoms with Crippen molar-refractivity contribution in [2.75, 3.05) is 152 Å². The Morgan fingerprint density at radius 3 is 1.71 bits per heavy atom. The third kappa shape index (κ3) is 28.1. The molecular weight excluding hydrogens is 1140 g/mol. The topological polar surface area (TPSA) is 375 Å². The zero-order chi connectivity index (χ0) is 60.9. The monoisotopic (exact) mass is 1220 g/mol. The molecule has 1 aromatic carbocycles. The Kier molecular flexibility index (Phi) is 32.8. The van der Waals surface area contributed by atoms with Crippen molar-refractivity contribution in [1.29, 1.82) is 0 Å². The summed E-state index contributed by atoms with van der Waals surface area (Å²) in [5, 5.41) is 23.6. The van der Waals surface area contributed by atoms with Crippen molar-refractivity contribution in [2.45, 2.75) is 86.8 Å². The number of sulfone groups is 1. The zero-order valence-electron chi connectivity index (χ0n) is 48.1. The number of carboxylic acids is 1. The third-order valence-corrected chi connectivity index (χ3v) is 15.4. The number of ether oxygens (including phenoxy) is 9. The van der Waals surface area contributed by atoms with E-state index >= 15 is 0 Å². The van der Waals surface area contributed by atoms with Gasteiger partial charge in [0.25, 0.3) is 5.91 Å². The van der Waals surface area contributed by atoms with Gasteiger partial charge in [-0.1, -0.05) is 43.2 Å². The van der Waals surface area contributed by atoms with Crippen molar-refractivity contribution in [2.24, 2.45) is 5.92 Å². The van der Waals surface area contributed by atoms with Gasteiger partial charge in [-0.15, -0.1) is 0 Å². The number of aromatic nitrogens is 2. The van der Waals surface area contributed by atoms with Gasteiger partial charge >= 0.3 is 5.97 Å². The first-order valence-electron chi connectivity index (χ1n) is 28.7. The van der Waals surface area contributed by atoms with Gasteiger partial charge < -0.3 is 84.5 Å². The molecule has 85 heavy (non-hydrogen) atoms. The van der Waals surface area contributed by atoms with Gasteiger partial charge in [-0.25, -0.2) is 23.2 Å². The summed E-state index contributed by atoms with van der Waals surface area (Å²) in [6.07, 6.45) is 5.24. The molecule has 2 fully saturated rings. The second kappa shape index (κ2) is 40.1. The first-order valence-corrected chi connectivity index (χ1v) is 30.3. The summed E-state index contributed by atoms with van der Waals surface area (Å²) in [5.74, 6) is -4.82. The summed E-state index contributed by atoms with van der Waals surface area (Å²) in [4.78, 5) is 109. The number of aliphatic carboxylic acids is 1. The molecular formula is C55H83N9O20S. The van der Waals surface area contributed by atoms with Gasteiger partial charge in [0.05, 0.1) is 142 Å². The van der Waals surface area contributed by atoms with Crippen LogP contribution < -0.4 is 31.9 Å². The van der Waals surface area contributed by atoms with Crippen LogP contribution >= 0.6 is 0 Å². The molecule has 5 rings (SSSR count). The maximum atomic E-state index is 13.0. The summed E-state index contributed by atoms with van der Waals surface area (Å²) >= 11 is 0. The second-order valence-electron chi connectivity index (χ2n) is 19.8. The summed E-state index contributed by atoms with van der Waals surface area (Å²) in [6, 6.07) is 7.72. The van der Waals surface area contributed by atoms with Gasteiger partial charge in [0.1, 0.15) is 12.8 Å². The lowest BCUT2D eigenvalue weighted by Crippen LogP contribution is -2.52. The number of carbonyl (C=O) groups excluding carboxylic acids is 7. The minimum atomic E-state index is -3.62. The molecule has 0 bridgehead atoms. The number of fused-ring (bicyclic) bond motifs is 1. The Labute approximate surface area is 494 Å². The highest BCUT2D eigenvalue weighted by molar-refractivity contribution is 7.91. The standard InChI is InChI=1S/C55H83N9O20S/c65-46(13-17-64-16-12-44-43(53(64)71)35-60-55(63-44)85(74,75)42-8-4-5-9-42)56-15-19-77-21-23-79-25-27-81-29-31-83-33-32-82-30-28-80-26-24-78-22-20-76-18-14-47(66)57-36-48(67)58-38-50(69)62-45(34-40-6-2-1-3-7-40)52(70)59-37-49(68)61-39-84-51(54(72)73)41-10-11-41/h1-3,6-7,35,41-42,45,51H,4-5,8-34,36-39H2,(H,56,65)(H,57,66)(H,58,67)(H,59,70)(H,61,68)(H,62,69)(H,72,73)/t45-,51-/m0/s1. The van der Waals surface area contributed by atoms with Gasteiger partial charge in [-0.2, -0.15) is 0 Å². The normalized spacial score (nSPS) is 14.9. The quantitative estimate of drug-likeness (QED) is 0.0219. The average molecular weight is 1220 g/mol. The largest absolute Gasteiger partial charge is 0.479 e. The molecule has 474 valence electrons. The number of nitrogens with one attached hydrogen (secondary N) is 6. The first-order chi connectivity index (χ1) is 41.2. The van der Waals surface area contributed by atoms with Crippen LogP contribution in [-0.2, 0) is 98.9 Å². The summed E-state index contributed by atoms with van der Waals surface area (Å²) in [7, 11) is -3.62. The lowest BCUT2D eigenvalue weighted by Gasteiger charge is -2.27. The number of nitrogens with zero attached hydrogens (tertiary/aromatic N) is 3. The Balaban J connectivity index is 0.728. The number of hydrogen-bond acceptors (Lipinski definition) is 21. The molecule has 30 heteroatoms. The van der Waals surface area contributed by atoms with E-state index in [4.69, 9.17) is 42.6 Å². The van der Waals surface area contributed by atoms with E-state index in [0.29, 0.717) is 124 Å². The predicted octanol–water partition coefficient (Wildman–Crippen LogP) is -1.75. The molecule has 0 saturated heterocycles. The molecule has 7 N–H and O–H groups in total. The molecule has 2 saturated carbocycles. The van der Waals surface area contributed by atoms with Gasteiger partial charge in [-0.05, 0) is 37.2 Å². The van der Waals surface area contributed by atoms with Gasteiger partial charge in [0.2, 0.25) is 50.4 Å². The van der Waals surface area contributed by atoms with Gasteiger partial charge in [-0.3, -0.25) is 33.6 Å². The van der Waals surface area contributed by atoms with Crippen LogP contribution in [0.15, 0.2) is 41.7 Å². The van der Waals surface area contributed by atoms with Crippen LogP contribution in [0, 0.1) is 5.92 Å². The SMILES string of the molecule is O=C(CCN1CCc2nc(S(=O)(=O)C3CCCC3)ncc2C1=O)NCCOCCOCCOCCOCCOCCOCCOCCOCCC(=O)NCC(=O)NCC(=O)N[C@@H](Cc1ccccc1)C(=O)NCC(=O)NCO[C@H](C(=O)O)C1CC1. The Hall–Kier alpha value is -6.35. The fourth-order valence-corrected chi connectivity index (χ4v) is 10.2. The van der Waals surface area contributed by atoms with Gasteiger partial charge in [0.15, 0.2) is 6.10 Å². The lowest BCUT2D eigenvalue weighted by molar-refractivity contribution is -0.153. The number of amides is 7. The van der Waals surface area contributed by atoms with Crippen molar-refractivity contribution in [3.63, 3.8) is 0 Å². The van der Waals surface area contributed by atoms with Crippen LogP contribution in [0.1, 0.15) is 73.0 Å². The molecule has 1 aromatic heterocycles. The number of benzene rings is 1. The number of carbonyl (C=O) groups is 8. The van der Waals surface area contributed by atoms with Crippen LogP contribution in [0.5, 0.6) is 0 Å². The molecule has 1 aliphatic heterocycles. The first kappa shape index (κ1) is 69.4. The minimum absolute atomic E-state index is 0.0180. The molecule has 0 radical (unpaired) electrons. The Bertz CT molecular complexity index is 2510. The van der Waals surface area contributed by atoms with Crippen LogP contribution in [0.3, 0.4) is 0 Å². The van der Waals surface area contributed by atoms with Crippen molar-refractivity contribution in [3.8, 4) is 0 Å². The molecule has 7 amide bonds. The van der Waals surface area contributed by atoms with Crippen LogP contribution in [0.4, 0.5) is 0 Å². The molecule has 29 nitrogen and oxygen atoms in total. The second-order valence-corrected chi connectivity index (χ2v) is 22.0. The Morgan fingerprint density at radius 2 is 1.13 bits per heavy atom. The van der Waals surface area contributed by atoms with E-state index in [0.717, 1.165) is 31.2 Å². The summed E-state index contributed by atoms with van der Waals surface area (Å²) in [6.45, 7) is 4.55. The number of carboxylic acid groups (broad SMARTS) is 1. The minimum Gasteiger partial charge on any atom is -0.479 e. The fourth-order valence-electron chi connectivity index (χ4n) is 8.56. The molecule has 2 atom stereocenters. The number of hydrogen-bond donors (Lipinski definition) is 7. The van der Waals surface area contributed by atoms with Crippen LogP contribution in [0.2, 0.25) is 0 Å². The summed E-state index contributed by atoms with van der Waals surface area (Å²) in [5.41, 5.74) is 1.42. The molecule has 2 heterocycles. The highest BCUT2D eigenvalue weighted by Crippen LogP contribution is 2.34. The summed E-state index contributed by atoms with van der Waals surface area (Å²) < 4.78 is 74.9. The van der Waals surface area contributed by atoms with Crippen molar-refractivity contribution in [3.05, 3.63) is 53.3 Å². The highest BCUT2D eigenvalue weighted by Gasteiger charge is 2.38. The van der Waals surface area contributed by atoms with E-state index in [1.54, 1.807) is 35.2 Å². The maximum Gasteiger partial charge on any atom is 0.333 e. The fraction of sp³-hybridized carbons (Fsp3) is 0.673. The van der Waals surface area contributed by atoms with E-state index in [9.17, 15) is 51.9 Å². The van der Waals surface area contributed by atoms with E-state index in [2.05, 4.69) is 41.9 Å². The predicted molar refractivity (Wildman–Crippen MR) is 299 cm³/mol. The van der Waals surface area contributed by atoms with E-state index in [1.807, 2.05) is 0 Å². The highest BCUT2D eigenvalue weighted by atomic mass is 32.2. The molecule has 0 spiro atoms. The lowest BCUT2D eigenvalue weighted by atomic mass is 10.1. The Morgan fingerprint density at radius 1 is 0.612 bits per heavy atom. The molecule has 0 unspecified atom stereocenters. The van der Waals surface area contributed by atoms with Crippen LogP contribution in [0.25, 0.3) is 0 Å². The molecule has 2 aromatic rings. The van der Waals surface area contributed by atoms with Crippen molar-refractivity contribution < 1.29 is 94.5 Å². The van der Waals surface area contributed by atoms with Crippen LogP contribution in [-0.4, -0.2) is 245 Å². The van der Waals surface area contributed by atoms with Crippen molar-refractivity contribution in [1.82, 2.24) is 46.8 Å². The average Bonchev–Trinajstić information content (AvgIpc) is 3.67. The van der Waals surface area contributed by atoms with Gasteiger partial charge in [0, 0.05) is 51.5 Å². The van der Waals surface area contributed by atoms with E-state index in [-0.39, 0.29) is 80.8 Å². The van der Waals surface area contributed by atoms with E-state index < -0.39 is 82.4 Å². The molecule has 3 aliphatic rings. The van der Waals surface area contributed by atoms with Crippen molar-refractivity contribution >= 4 is 57.2 Å². The third-order valence-electron chi connectivity index (χ3n) is 13.3. The maximum absolute atomic E-state index is 13.0. The smallest absolute Gasteiger partial charge is 0.333 e. The van der Waals surface area contributed by atoms with E-state index in [1.165, 1.54) is 6.20 Å².